The number of nitrogens with zero attached hydrogens (tertiary/aromatic N) is 2. The largest absolute Gasteiger partial charge is 0.371 e. The van der Waals surface area contributed by atoms with Gasteiger partial charge in [-0.05, 0) is 18.4 Å². The van der Waals surface area contributed by atoms with Crippen molar-refractivity contribution < 1.29 is 4.79 Å². The fourth-order valence-corrected chi connectivity index (χ4v) is 3.19. The summed E-state index contributed by atoms with van der Waals surface area (Å²) in [5, 5.41) is 6.11. The third-order valence-corrected chi connectivity index (χ3v) is 4.48. The number of nitrogens with one attached hydrogen (secondary N) is 2. The molecule has 2 heterocycles. The van der Waals surface area contributed by atoms with Crippen molar-refractivity contribution >= 4 is 22.2 Å². The van der Waals surface area contributed by atoms with Crippen molar-refractivity contribution in [1.29, 1.82) is 0 Å². The van der Waals surface area contributed by atoms with Crippen LogP contribution >= 0.6 is 11.3 Å². The molecule has 3 rings (SSSR count). The monoisotopic (exact) mass is 316 g/mol. The van der Waals surface area contributed by atoms with Gasteiger partial charge in [-0.25, -0.2) is 9.99 Å². The summed E-state index contributed by atoms with van der Waals surface area (Å²) < 4.78 is 0. The second-order valence-corrected chi connectivity index (χ2v) is 6.21. The summed E-state index contributed by atoms with van der Waals surface area (Å²) in [6.07, 6.45) is 3.51. The van der Waals surface area contributed by atoms with Gasteiger partial charge in [-0.1, -0.05) is 36.8 Å². The van der Waals surface area contributed by atoms with Crippen molar-refractivity contribution in [1.82, 2.24) is 15.4 Å². The maximum atomic E-state index is 12.4. The van der Waals surface area contributed by atoms with Crippen LogP contribution in [-0.2, 0) is 6.54 Å². The van der Waals surface area contributed by atoms with Gasteiger partial charge in [0.15, 0.2) is 5.69 Å². The zero-order valence-electron chi connectivity index (χ0n) is 12.4. The highest BCUT2D eigenvalue weighted by Gasteiger charge is 2.18. The van der Waals surface area contributed by atoms with Gasteiger partial charge >= 0.3 is 0 Å². The van der Waals surface area contributed by atoms with Crippen molar-refractivity contribution in [3.05, 3.63) is 47.1 Å². The normalized spacial score (nSPS) is 15.5. The van der Waals surface area contributed by atoms with E-state index in [1.807, 2.05) is 23.2 Å². The lowest BCUT2D eigenvalue weighted by atomic mass is 10.2. The lowest BCUT2D eigenvalue weighted by Crippen LogP contribution is -2.45. The first-order chi connectivity index (χ1) is 10.8. The fraction of sp³-hybridized carbons (Fsp3) is 0.375. The summed E-state index contributed by atoms with van der Waals surface area (Å²) in [6.45, 7) is 2.53. The molecule has 0 saturated carbocycles. The standard InChI is InChI=1S/C16H20N4OS/c21-15(19-20-9-5-2-6-10-20)14-16(22-12-18-14)17-11-13-7-3-1-4-8-13/h1,3-4,7-8,12,17H,2,5-6,9-11H2,(H,19,21). The maximum Gasteiger partial charge on any atom is 0.287 e. The predicted octanol–water partition coefficient (Wildman–Crippen LogP) is 2.89. The molecule has 1 aliphatic heterocycles. The van der Waals surface area contributed by atoms with Crippen molar-refractivity contribution in [3.63, 3.8) is 0 Å². The average molecular weight is 316 g/mol. The van der Waals surface area contributed by atoms with Crippen LogP contribution in [0, 0.1) is 0 Å². The number of aromatic nitrogens is 1. The van der Waals surface area contributed by atoms with E-state index in [0.717, 1.165) is 30.9 Å². The molecule has 0 aliphatic carbocycles. The second-order valence-electron chi connectivity index (χ2n) is 5.36. The number of rotatable bonds is 5. The van der Waals surface area contributed by atoms with E-state index < -0.39 is 0 Å². The van der Waals surface area contributed by atoms with Crippen LogP contribution in [0.15, 0.2) is 35.8 Å². The molecule has 1 aromatic heterocycles. The Hall–Kier alpha value is -1.92. The number of amides is 1. The number of carbonyl (C=O) groups excluding carboxylic acids is 1. The highest BCUT2D eigenvalue weighted by atomic mass is 32.1. The minimum absolute atomic E-state index is 0.126. The van der Waals surface area contributed by atoms with Crippen LogP contribution in [0.1, 0.15) is 35.3 Å². The predicted molar refractivity (Wildman–Crippen MR) is 88.8 cm³/mol. The van der Waals surface area contributed by atoms with Gasteiger partial charge in [0.05, 0.1) is 5.51 Å². The van der Waals surface area contributed by atoms with Crippen LogP contribution in [-0.4, -0.2) is 29.0 Å². The Morgan fingerprint density at radius 2 is 1.95 bits per heavy atom. The molecule has 0 spiro atoms. The van der Waals surface area contributed by atoms with E-state index in [-0.39, 0.29) is 5.91 Å². The number of anilines is 1. The molecular formula is C16H20N4OS. The van der Waals surface area contributed by atoms with Gasteiger partial charge in [0.1, 0.15) is 5.00 Å². The van der Waals surface area contributed by atoms with Crippen LogP contribution < -0.4 is 10.7 Å². The number of hydrogen-bond acceptors (Lipinski definition) is 5. The summed E-state index contributed by atoms with van der Waals surface area (Å²) in [5.41, 5.74) is 6.32. The van der Waals surface area contributed by atoms with Gasteiger partial charge < -0.3 is 5.32 Å². The first-order valence-corrected chi connectivity index (χ1v) is 8.48. The van der Waals surface area contributed by atoms with Crippen molar-refractivity contribution in [2.45, 2.75) is 25.8 Å². The highest BCUT2D eigenvalue weighted by molar-refractivity contribution is 7.14. The minimum atomic E-state index is -0.126. The summed E-state index contributed by atoms with van der Waals surface area (Å²) >= 11 is 1.46. The Morgan fingerprint density at radius 3 is 2.73 bits per heavy atom. The molecule has 0 atom stereocenters. The van der Waals surface area contributed by atoms with Crippen LogP contribution in [0.25, 0.3) is 0 Å². The number of benzene rings is 1. The van der Waals surface area contributed by atoms with Crippen molar-refractivity contribution in [2.24, 2.45) is 0 Å². The van der Waals surface area contributed by atoms with Gasteiger partial charge in [0.25, 0.3) is 5.91 Å². The highest BCUT2D eigenvalue weighted by Crippen LogP contribution is 2.21. The third-order valence-electron chi connectivity index (χ3n) is 3.69. The molecule has 2 aromatic rings. The average Bonchev–Trinajstić information content (AvgIpc) is 3.03. The molecule has 1 aromatic carbocycles. The molecule has 6 heteroatoms. The number of hydrogen-bond donors (Lipinski definition) is 2. The molecule has 1 aliphatic rings. The van der Waals surface area contributed by atoms with Crippen LogP contribution in [0.2, 0.25) is 0 Å². The van der Waals surface area contributed by atoms with Gasteiger partial charge in [-0.2, -0.15) is 0 Å². The number of thiazole rings is 1. The zero-order valence-corrected chi connectivity index (χ0v) is 13.2. The Balaban J connectivity index is 1.60. The van der Waals surface area contributed by atoms with Crippen molar-refractivity contribution in [3.8, 4) is 0 Å². The summed E-state index contributed by atoms with van der Waals surface area (Å²) in [4.78, 5) is 16.6. The molecule has 1 fully saturated rings. The Bertz CT molecular complexity index is 608. The first kappa shape index (κ1) is 15.0. The van der Waals surface area contributed by atoms with Gasteiger partial charge in [-0.15, -0.1) is 11.3 Å². The zero-order chi connectivity index (χ0) is 15.2. The number of piperidine rings is 1. The molecule has 5 nitrogen and oxygen atoms in total. The Morgan fingerprint density at radius 1 is 1.18 bits per heavy atom. The first-order valence-electron chi connectivity index (χ1n) is 7.60. The third kappa shape index (κ3) is 3.84. The van der Waals surface area contributed by atoms with E-state index in [4.69, 9.17) is 0 Å². The SMILES string of the molecule is O=C(NN1CCCCC1)c1ncsc1NCc1ccccc1. The smallest absolute Gasteiger partial charge is 0.287 e. The quantitative estimate of drug-likeness (QED) is 0.890. The lowest BCUT2D eigenvalue weighted by Gasteiger charge is -2.26. The van der Waals surface area contributed by atoms with Gasteiger partial charge in [-0.3, -0.25) is 10.2 Å². The molecule has 1 saturated heterocycles. The lowest BCUT2D eigenvalue weighted by molar-refractivity contribution is 0.0746. The maximum absolute atomic E-state index is 12.4. The topological polar surface area (TPSA) is 57.3 Å². The van der Waals surface area contributed by atoms with Gasteiger partial charge in [0.2, 0.25) is 0 Å². The molecule has 22 heavy (non-hydrogen) atoms. The molecule has 0 unspecified atom stereocenters. The van der Waals surface area contributed by atoms with E-state index in [2.05, 4.69) is 27.9 Å². The van der Waals surface area contributed by atoms with Crippen LogP contribution in [0.3, 0.4) is 0 Å². The molecule has 116 valence electrons. The molecule has 1 amide bonds. The fourth-order valence-electron chi connectivity index (χ4n) is 2.51. The second kappa shape index (κ2) is 7.38. The molecule has 0 radical (unpaired) electrons. The van der Waals surface area contributed by atoms with Crippen LogP contribution in [0.4, 0.5) is 5.00 Å². The Labute approximate surface area is 134 Å². The van der Waals surface area contributed by atoms with Crippen LogP contribution in [0.5, 0.6) is 0 Å². The number of hydrazine groups is 1. The van der Waals surface area contributed by atoms with E-state index in [0.29, 0.717) is 12.2 Å². The van der Waals surface area contributed by atoms with E-state index in [1.165, 1.54) is 23.3 Å². The van der Waals surface area contributed by atoms with E-state index in [9.17, 15) is 4.79 Å². The minimum Gasteiger partial charge on any atom is -0.371 e. The van der Waals surface area contributed by atoms with Gasteiger partial charge in [0, 0.05) is 19.6 Å². The number of carbonyl (C=O) groups is 1. The summed E-state index contributed by atoms with van der Waals surface area (Å²) in [7, 11) is 0. The Kier molecular flexibility index (Phi) is 5.03. The van der Waals surface area contributed by atoms with E-state index >= 15 is 0 Å². The summed E-state index contributed by atoms with van der Waals surface area (Å²) in [5.74, 6) is -0.126. The molecule has 0 bridgehead atoms. The molecule has 2 N–H and O–H groups in total. The van der Waals surface area contributed by atoms with E-state index in [1.54, 1.807) is 5.51 Å². The van der Waals surface area contributed by atoms with Crippen molar-refractivity contribution in [2.75, 3.05) is 18.4 Å². The summed E-state index contributed by atoms with van der Waals surface area (Å²) in [6, 6.07) is 10.1. The molecular weight excluding hydrogens is 296 g/mol.